The fourth-order valence-electron chi connectivity index (χ4n) is 3.38. The molecular weight excluding hydrogens is 306 g/mol. The number of imidazole rings is 1. The quantitative estimate of drug-likeness (QED) is 0.665. The number of hydrogen-bond donors (Lipinski definition) is 4. The number of aromatic amines is 1. The van der Waals surface area contributed by atoms with Crippen LogP contribution in [0.5, 0.6) is 0 Å². The summed E-state index contributed by atoms with van der Waals surface area (Å²) >= 11 is 0. The molecule has 1 saturated heterocycles. The van der Waals surface area contributed by atoms with Crippen molar-refractivity contribution in [2.45, 2.75) is 12.5 Å². The summed E-state index contributed by atoms with van der Waals surface area (Å²) in [7, 11) is 0. The number of nitrogens with zero attached hydrogens (tertiary/aromatic N) is 2. The molecular formula is C17H21N5O2. The number of anilines is 1. The minimum atomic E-state index is -0.886. The van der Waals surface area contributed by atoms with Crippen molar-refractivity contribution in [3.63, 3.8) is 0 Å². The molecule has 0 saturated carbocycles. The van der Waals surface area contributed by atoms with Crippen LogP contribution in [0.1, 0.15) is 17.4 Å². The summed E-state index contributed by atoms with van der Waals surface area (Å²) in [5.41, 5.74) is 3.71. The van der Waals surface area contributed by atoms with Gasteiger partial charge in [-0.15, -0.1) is 0 Å². The summed E-state index contributed by atoms with van der Waals surface area (Å²) in [6.07, 6.45) is 0.769. The van der Waals surface area contributed by atoms with Crippen LogP contribution >= 0.6 is 0 Å². The van der Waals surface area contributed by atoms with Gasteiger partial charge in [-0.1, -0.05) is 0 Å². The van der Waals surface area contributed by atoms with Gasteiger partial charge in [0.2, 0.25) is 0 Å². The Bertz CT molecular complexity index is 734. The third-order valence-corrected chi connectivity index (χ3v) is 4.68. The Morgan fingerprint density at radius 3 is 2.62 bits per heavy atom. The highest BCUT2D eigenvalue weighted by Crippen LogP contribution is 2.27. The van der Waals surface area contributed by atoms with Gasteiger partial charge in [-0.3, -0.25) is 10.1 Å². The van der Waals surface area contributed by atoms with Gasteiger partial charge in [-0.2, -0.15) is 0 Å². The molecule has 4 rings (SSSR count). The lowest BCUT2D eigenvalue weighted by Crippen LogP contribution is -2.43. The van der Waals surface area contributed by atoms with Crippen LogP contribution in [-0.2, 0) is 11.2 Å². The zero-order chi connectivity index (χ0) is 16.5. The Hall–Kier alpha value is -2.38. The number of benzene rings is 1. The number of fused-ring (bicyclic) bond motifs is 1. The van der Waals surface area contributed by atoms with Gasteiger partial charge in [-0.25, -0.2) is 4.98 Å². The predicted molar refractivity (Wildman–Crippen MR) is 91.2 cm³/mol. The van der Waals surface area contributed by atoms with Crippen LogP contribution in [0.25, 0.3) is 11.4 Å². The number of carboxylic acid groups (broad SMARTS) is 1. The van der Waals surface area contributed by atoms with Gasteiger partial charge in [0.15, 0.2) is 6.04 Å². The van der Waals surface area contributed by atoms with E-state index in [1.807, 2.05) is 12.1 Å². The van der Waals surface area contributed by atoms with E-state index in [2.05, 4.69) is 37.6 Å². The average Bonchev–Trinajstić information content (AvgIpc) is 3.06. The van der Waals surface area contributed by atoms with Crippen LogP contribution in [0.3, 0.4) is 0 Å². The zero-order valence-corrected chi connectivity index (χ0v) is 13.4. The molecule has 7 nitrogen and oxygen atoms in total. The van der Waals surface area contributed by atoms with Crippen LogP contribution < -0.4 is 15.5 Å². The standard InChI is InChI=1S/C17H21N5O2/c23-17(24)15-14-13(5-6-19-15)20-16(21-14)11-1-3-12(4-2-11)22-9-7-18-8-10-22/h1-4,15,18-19H,5-10H2,(H,20,21)(H,23,24)/t15-/m1/s1. The first-order valence-electron chi connectivity index (χ1n) is 8.33. The molecule has 7 heteroatoms. The second kappa shape index (κ2) is 6.26. The van der Waals surface area contributed by atoms with Crippen LogP contribution in [0.15, 0.2) is 24.3 Å². The molecule has 1 aromatic carbocycles. The van der Waals surface area contributed by atoms with Crippen molar-refractivity contribution in [3.05, 3.63) is 35.7 Å². The fourth-order valence-corrected chi connectivity index (χ4v) is 3.38. The van der Waals surface area contributed by atoms with E-state index in [4.69, 9.17) is 0 Å². The minimum Gasteiger partial charge on any atom is -0.480 e. The smallest absolute Gasteiger partial charge is 0.327 e. The molecule has 1 fully saturated rings. The van der Waals surface area contributed by atoms with E-state index in [1.165, 1.54) is 5.69 Å². The maximum absolute atomic E-state index is 11.4. The SMILES string of the molecule is O=C(O)[C@@H]1NCCc2[nH]c(-c3ccc(N4CCNCC4)cc3)nc21. The zero-order valence-electron chi connectivity index (χ0n) is 13.4. The Morgan fingerprint density at radius 2 is 1.92 bits per heavy atom. The van der Waals surface area contributed by atoms with Crippen molar-refractivity contribution < 1.29 is 9.90 Å². The summed E-state index contributed by atoms with van der Waals surface area (Å²) in [5.74, 6) is -0.148. The molecule has 24 heavy (non-hydrogen) atoms. The van der Waals surface area contributed by atoms with Crippen LogP contribution in [0.2, 0.25) is 0 Å². The van der Waals surface area contributed by atoms with E-state index in [0.717, 1.165) is 49.7 Å². The second-order valence-electron chi connectivity index (χ2n) is 6.21. The summed E-state index contributed by atoms with van der Waals surface area (Å²) in [5, 5.41) is 15.7. The first-order chi connectivity index (χ1) is 11.7. The Balaban J connectivity index is 1.59. The molecule has 0 aliphatic carbocycles. The molecule has 0 unspecified atom stereocenters. The molecule has 0 spiro atoms. The van der Waals surface area contributed by atoms with E-state index in [0.29, 0.717) is 12.2 Å². The number of carbonyl (C=O) groups is 1. The van der Waals surface area contributed by atoms with Gasteiger partial charge in [-0.05, 0) is 24.3 Å². The molecule has 0 bridgehead atoms. The second-order valence-corrected chi connectivity index (χ2v) is 6.21. The predicted octanol–water partition coefficient (Wildman–Crippen LogP) is 0.758. The lowest BCUT2D eigenvalue weighted by molar-refractivity contribution is -0.139. The molecule has 3 heterocycles. The summed E-state index contributed by atoms with van der Waals surface area (Å²) in [6, 6.07) is 7.58. The van der Waals surface area contributed by atoms with Gasteiger partial charge < -0.3 is 20.3 Å². The van der Waals surface area contributed by atoms with Gasteiger partial charge in [0.05, 0.1) is 5.69 Å². The maximum atomic E-state index is 11.4. The highest BCUT2D eigenvalue weighted by molar-refractivity contribution is 5.76. The topological polar surface area (TPSA) is 93.3 Å². The van der Waals surface area contributed by atoms with Crippen molar-refractivity contribution >= 4 is 11.7 Å². The third-order valence-electron chi connectivity index (χ3n) is 4.68. The number of aromatic nitrogens is 2. The Morgan fingerprint density at radius 1 is 1.17 bits per heavy atom. The molecule has 0 radical (unpaired) electrons. The summed E-state index contributed by atoms with van der Waals surface area (Å²) < 4.78 is 0. The van der Waals surface area contributed by atoms with E-state index in [9.17, 15) is 9.90 Å². The van der Waals surface area contributed by atoms with Gasteiger partial charge in [0, 0.05) is 56.1 Å². The molecule has 1 aromatic heterocycles. The molecule has 1 atom stereocenters. The molecule has 2 aromatic rings. The highest BCUT2D eigenvalue weighted by atomic mass is 16.4. The molecule has 2 aliphatic heterocycles. The van der Waals surface area contributed by atoms with E-state index in [1.54, 1.807) is 0 Å². The molecule has 4 N–H and O–H groups in total. The number of H-pyrrole nitrogens is 1. The van der Waals surface area contributed by atoms with Crippen molar-refractivity contribution in [2.24, 2.45) is 0 Å². The molecule has 0 amide bonds. The van der Waals surface area contributed by atoms with Crippen LogP contribution in [-0.4, -0.2) is 53.8 Å². The number of aliphatic carboxylic acids is 1. The van der Waals surface area contributed by atoms with E-state index >= 15 is 0 Å². The third kappa shape index (κ3) is 2.76. The van der Waals surface area contributed by atoms with Crippen LogP contribution in [0.4, 0.5) is 5.69 Å². The monoisotopic (exact) mass is 327 g/mol. The largest absolute Gasteiger partial charge is 0.480 e. The first-order valence-corrected chi connectivity index (χ1v) is 8.33. The van der Waals surface area contributed by atoms with Gasteiger partial charge >= 0.3 is 5.97 Å². The number of nitrogens with one attached hydrogen (secondary N) is 3. The summed E-state index contributed by atoms with van der Waals surface area (Å²) in [6.45, 7) is 4.70. The molecule has 126 valence electrons. The minimum absolute atomic E-state index is 0.606. The number of rotatable bonds is 3. The van der Waals surface area contributed by atoms with Crippen molar-refractivity contribution in [3.8, 4) is 11.4 Å². The van der Waals surface area contributed by atoms with E-state index in [-0.39, 0.29) is 0 Å². The summed E-state index contributed by atoms with van der Waals surface area (Å²) in [4.78, 5) is 21.6. The normalized spacial score (nSPS) is 20.7. The number of piperazine rings is 1. The van der Waals surface area contributed by atoms with Crippen LogP contribution in [0, 0.1) is 0 Å². The van der Waals surface area contributed by atoms with Gasteiger partial charge in [0.1, 0.15) is 5.82 Å². The van der Waals surface area contributed by atoms with Crippen molar-refractivity contribution in [1.29, 1.82) is 0 Å². The number of carboxylic acids is 1. The Labute approximate surface area is 140 Å². The highest BCUT2D eigenvalue weighted by Gasteiger charge is 2.29. The Kier molecular flexibility index (Phi) is 3.95. The lowest BCUT2D eigenvalue weighted by Gasteiger charge is -2.29. The lowest BCUT2D eigenvalue weighted by atomic mass is 10.1. The van der Waals surface area contributed by atoms with Crippen molar-refractivity contribution in [2.75, 3.05) is 37.6 Å². The fraction of sp³-hybridized carbons (Fsp3) is 0.412. The van der Waals surface area contributed by atoms with Crippen molar-refractivity contribution in [1.82, 2.24) is 20.6 Å². The van der Waals surface area contributed by atoms with Gasteiger partial charge in [0.25, 0.3) is 0 Å². The van der Waals surface area contributed by atoms with E-state index < -0.39 is 12.0 Å². The number of hydrogen-bond acceptors (Lipinski definition) is 5. The average molecular weight is 327 g/mol. The molecule has 2 aliphatic rings. The first kappa shape index (κ1) is 15.2. The maximum Gasteiger partial charge on any atom is 0.327 e.